The molecule has 0 radical (unpaired) electrons. The fraction of sp³-hybridized carbons (Fsp3) is 0.538. The highest BCUT2D eigenvalue weighted by Gasteiger charge is 2.25. The molecule has 1 saturated carbocycles. The normalized spacial score (nSPS) is 17.6. The lowest BCUT2D eigenvalue weighted by atomic mass is 10.2. The molecule has 0 heterocycles. The molecule has 0 spiro atoms. The van der Waals surface area contributed by atoms with Crippen LogP contribution in [0.25, 0.3) is 0 Å². The first-order valence-corrected chi connectivity index (χ1v) is 7.94. The summed E-state index contributed by atoms with van der Waals surface area (Å²) in [5.74, 6) is 0.738. The van der Waals surface area contributed by atoms with Gasteiger partial charge in [-0.3, -0.25) is 0 Å². The summed E-state index contributed by atoms with van der Waals surface area (Å²) in [6.45, 7) is 1.93. The third-order valence-corrected chi connectivity index (χ3v) is 4.58. The SMILES string of the molecule is CC(CC1CC1)NS(=O)(=O)Cc1ccc(N)cc1. The quantitative estimate of drug-likeness (QED) is 0.774. The summed E-state index contributed by atoms with van der Waals surface area (Å²) in [4.78, 5) is 0. The topological polar surface area (TPSA) is 72.2 Å². The number of benzene rings is 1. The molecule has 3 N–H and O–H groups in total. The zero-order chi connectivity index (χ0) is 13.2. The predicted octanol–water partition coefficient (Wildman–Crippen LogP) is 1.88. The second kappa shape index (κ2) is 5.28. The van der Waals surface area contributed by atoms with Crippen molar-refractivity contribution in [1.82, 2.24) is 4.72 Å². The van der Waals surface area contributed by atoms with Crippen molar-refractivity contribution in [3.05, 3.63) is 29.8 Å². The first kappa shape index (κ1) is 13.4. The molecular weight excluding hydrogens is 248 g/mol. The van der Waals surface area contributed by atoms with Gasteiger partial charge in [0.1, 0.15) is 0 Å². The van der Waals surface area contributed by atoms with Crippen LogP contribution in [0.3, 0.4) is 0 Å². The lowest BCUT2D eigenvalue weighted by molar-refractivity contribution is 0.529. The molecule has 0 amide bonds. The van der Waals surface area contributed by atoms with Crippen LogP contribution in [-0.4, -0.2) is 14.5 Å². The number of rotatable bonds is 6. The van der Waals surface area contributed by atoms with E-state index in [1.165, 1.54) is 12.8 Å². The average molecular weight is 268 g/mol. The monoisotopic (exact) mass is 268 g/mol. The second-order valence-electron chi connectivity index (χ2n) is 5.20. The first-order chi connectivity index (χ1) is 8.44. The molecule has 0 bridgehead atoms. The summed E-state index contributed by atoms with van der Waals surface area (Å²) in [6, 6.07) is 6.97. The molecular formula is C13H20N2O2S. The van der Waals surface area contributed by atoms with E-state index in [0.29, 0.717) is 5.69 Å². The Bertz CT molecular complexity index is 492. The molecule has 1 unspecified atom stereocenters. The molecule has 1 fully saturated rings. The van der Waals surface area contributed by atoms with E-state index < -0.39 is 10.0 Å². The Morgan fingerprint density at radius 1 is 1.33 bits per heavy atom. The fourth-order valence-corrected chi connectivity index (χ4v) is 3.51. The van der Waals surface area contributed by atoms with Crippen LogP contribution in [0, 0.1) is 5.92 Å². The highest BCUT2D eigenvalue weighted by molar-refractivity contribution is 7.88. The van der Waals surface area contributed by atoms with Crippen LogP contribution in [0.2, 0.25) is 0 Å². The molecule has 1 atom stereocenters. The Balaban J connectivity index is 1.91. The van der Waals surface area contributed by atoms with Gasteiger partial charge in [0.15, 0.2) is 0 Å². The van der Waals surface area contributed by atoms with Crippen molar-refractivity contribution < 1.29 is 8.42 Å². The first-order valence-electron chi connectivity index (χ1n) is 6.29. The maximum absolute atomic E-state index is 12.0. The Labute approximate surface area is 109 Å². The van der Waals surface area contributed by atoms with Gasteiger partial charge in [-0.2, -0.15) is 0 Å². The van der Waals surface area contributed by atoms with Gasteiger partial charge in [-0.15, -0.1) is 0 Å². The zero-order valence-electron chi connectivity index (χ0n) is 10.6. The Hall–Kier alpha value is -1.07. The van der Waals surface area contributed by atoms with Crippen molar-refractivity contribution in [2.75, 3.05) is 5.73 Å². The minimum absolute atomic E-state index is 0.0162. The predicted molar refractivity (Wildman–Crippen MR) is 73.4 cm³/mol. The molecule has 4 nitrogen and oxygen atoms in total. The Morgan fingerprint density at radius 3 is 2.50 bits per heavy atom. The van der Waals surface area contributed by atoms with Crippen molar-refractivity contribution in [2.24, 2.45) is 5.92 Å². The smallest absolute Gasteiger partial charge is 0.216 e. The van der Waals surface area contributed by atoms with Gasteiger partial charge in [0.05, 0.1) is 5.75 Å². The van der Waals surface area contributed by atoms with Crippen molar-refractivity contribution in [1.29, 1.82) is 0 Å². The fourth-order valence-electron chi connectivity index (χ4n) is 2.08. The Morgan fingerprint density at radius 2 is 1.94 bits per heavy atom. The molecule has 1 aliphatic carbocycles. The third kappa shape index (κ3) is 4.31. The van der Waals surface area contributed by atoms with E-state index in [0.717, 1.165) is 17.9 Å². The molecule has 100 valence electrons. The van der Waals surface area contributed by atoms with E-state index in [4.69, 9.17) is 5.73 Å². The number of hydrogen-bond donors (Lipinski definition) is 2. The largest absolute Gasteiger partial charge is 0.399 e. The minimum atomic E-state index is -3.26. The molecule has 0 aliphatic heterocycles. The lowest BCUT2D eigenvalue weighted by Crippen LogP contribution is -2.33. The number of sulfonamides is 1. The number of nitrogens with one attached hydrogen (secondary N) is 1. The van der Waals surface area contributed by atoms with E-state index in [-0.39, 0.29) is 11.8 Å². The summed E-state index contributed by atoms with van der Waals surface area (Å²) < 4.78 is 26.6. The second-order valence-corrected chi connectivity index (χ2v) is 6.95. The van der Waals surface area contributed by atoms with Gasteiger partial charge in [-0.1, -0.05) is 25.0 Å². The van der Waals surface area contributed by atoms with Gasteiger partial charge in [-0.05, 0) is 37.0 Å². The zero-order valence-corrected chi connectivity index (χ0v) is 11.4. The molecule has 1 aliphatic rings. The molecule has 2 rings (SSSR count). The van der Waals surface area contributed by atoms with Crippen LogP contribution in [0.1, 0.15) is 31.7 Å². The van der Waals surface area contributed by atoms with E-state index in [2.05, 4.69) is 4.72 Å². The molecule has 18 heavy (non-hydrogen) atoms. The van der Waals surface area contributed by atoms with Gasteiger partial charge in [0.2, 0.25) is 10.0 Å². The summed E-state index contributed by atoms with van der Waals surface area (Å²) in [6.07, 6.45) is 3.43. The van der Waals surface area contributed by atoms with Crippen LogP contribution in [0.5, 0.6) is 0 Å². The molecule has 5 heteroatoms. The van der Waals surface area contributed by atoms with Crippen LogP contribution in [0.4, 0.5) is 5.69 Å². The molecule has 0 saturated heterocycles. The summed E-state index contributed by atoms with van der Waals surface area (Å²) in [5.41, 5.74) is 6.97. The summed E-state index contributed by atoms with van der Waals surface area (Å²) >= 11 is 0. The van der Waals surface area contributed by atoms with E-state index in [1.54, 1.807) is 24.3 Å². The highest BCUT2D eigenvalue weighted by atomic mass is 32.2. The Kier molecular flexibility index (Phi) is 3.92. The molecule has 1 aromatic carbocycles. The van der Waals surface area contributed by atoms with Crippen LogP contribution >= 0.6 is 0 Å². The minimum Gasteiger partial charge on any atom is -0.399 e. The maximum Gasteiger partial charge on any atom is 0.216 e. The summed E-state index contributed by atoms with van der Waals surface area (Å²) in [5, 5.41) is 0. The molecule has 1 aromatic rings. The van der Waals surface area contributed by atoms with E-state index in [9.17, 15) is 8.42 Å². The van der Waals surface area contributed by atoms with Gasteiger partial charge in [0.25, 0.3) is 0 Å². The number of anilines is 1. The van der Waals surface area contributed by atoms with E-state index >= 15 is 0 Å². The van der Waals surface area contributed by atoms with Crippen LogP contribution in [-0.2, 0) is 15.8 Å². The van der Waals surface area contributed by atoms with Gasteiger partial charge in [-0.25, -0.2) is 13.1 Å². The van der Waals surface area contributed by atoms with Gasteiger partial charge < -0.3 is 5.73 Å². The number of hydrogen-bond acceptors (Lipinski definition) is 3. The van der Waals surface area contributed by atoms with Crippen molar-refractivity contribution >= 4 is 15.7 Å². The molecule has 0 aromatic heterocycles. The average Bonchev–Trinajstić information content (AvgIpc) is 3.04. The van der Waals surface area contributed by atoms with Crippen molar-refractivity contribution in [3.8, 4) is 0 Å². The standard InChI is InChI=1S/C13H20N2O2S/c1-10(8-11-2-3-11)15-18(16,17)9-12-4-6-13(14)7-5-12/h4-7,10-11,15H,2-3,8-9,14H2,1H3. The van der Waals surface area contributed by atoms with Crippen LogP contribution < -0.4 is 10.5 Å². The van der Waals surface area contributed by atoms with Gasteiger partial charge in [0, 0.05) is 11.7 Å². The van der Waals surface area contributed by atoms with Crippen molar-refractivity contribution in [2.45, 2.75) is 38.0 Å². The van der Waals surface area contributed by atoms with E-state index in [1.807, 2.05) is 6.92 Å². The van der Waals surface area contributed by atoms with Crippen LogP contribution in [0.15, 0.2) is 24.3 Å². The lowest BCUT2D eigenvalue weighted by Gasteiger charge is -2.13. The highest BCUT2D eigenvalue weighted by Crippen LogP contribution is 2.33. The number of nitrogens with two attached hydrogens (primary N) is 1. The van der Waals surface area contributed by atoms with Gasteiger partial charge >= 0.3 is 0 Å². The van der Waals surface area contributed by atoms with Crippen molar-refractivity contribution in [3.63, 3.8) is 0 Å². The number of nitrogen functional groups attached to an aromatic ring is 1. The third-order valence-electron chi connectivity index (χ3n) is 3.10. The maximum atomic E-state index is 12.0. The summed E-state index contributed by atoms with van der Waals surface area (Å²) in [7, 11) is -3.26.